The van der Waals surface area contributed by atoms with Crippen LogP contribution in [0.25, 0.3) is 0 Å². The molecule has 0 amide bonds. The van der Waals surface area contributed by atoms with Gasteiger partial charge in [0.1, 0.15) is 0 Å². The van der Waals surface area contributed by atoms with Crippen LogP contribution in [-0.2, 0) is 32.5 Å². The molecule has 0 spiro atoms. The van der Waals surface area contributed by atoms with Crippen molar-refractivity contribution in [3.63, 3.8) is 0 Å². The van der Waals surface area contributed by atoms with Crippen LogP contribution >= 0.6 is 7.82 Å². The number of rotatable bonds is 9. The largest absolute Gasteiger partial charge is 0.480 e. The molecule has 0 saturated heterocycles. The second-order valence-corrected chi connectivity index (χ2v) is 3.64. The van der Waals surface area contributed by atoms with Crippen molar-refractivity contribution in [1.82, 2.24) is 0 Å². The Bertz CT molecular complexity index is 358. The molecule has 0 aromatic rings. The monoisotopic (exact) mass is 263 g/mol. The molecular formula is C6H6N3O7P. The average molecular weight is 263 g/mol. The van der Waals surface area contributed by atoms with Crippen molar-refractivity contribution in [2.24, 2.45) is 15.0 Å². The fourth-order valence-corrected chi connectivity index (χ4v) is 1.31. The molecule has 11 heteroatoms. The second kappa shape index (κ2) is 9.47. The first-order chi connectivity index (χ1) is 8.18. The van der Waals surface area contributed by atoms with Gasteiger partial charge in [0, 0.05) is 0 Å². The van der Waals surface area contributed by atoms with Gasteiger partial charge in [-0.15, -0.1) is 0 Å². The van der Waals surface area contributed by atoms with Crippen LogP contribution in [0.5, 0.6) is 0 Å². The van der Waals surface area contributed by atoms with E-state index in [1.807, 2.05) is 0 Å². The van der Waals surface area contributed by atoms with E-state index in [0.29, 0.717) is 0 Å². The lowest BCUT2D eigenvalue weighted by atomic mass is 11.3. The molecule has 0 atom stereocenters. The second-order valence-electron chi connectivity index (χ2n) is 1.97. The van der Waals surface area contributed by atoms with Gasteiger partial charge in [-0.2, -0.15) is 15.0 Å². The lowest BCUT2D eigenvalue weighted by Crippen LogP contribution is -2.01. The maximum atomic E-state index is 11.6. The minimum Gasteiger partial charge on any atom is -0.262 e. The zero-order chi connectivity index (χ0) is 13.0. The van der Waals surface area contributed by atoms with Crippen LogP contribution in [0, 0.1) is 0 Å². The Morgan fingerprint density at radius 1 is 0.765 bits per heavy atom. The third-order valence-corrected chi connectivity index (χ3v) is 2.33. The van der Waals surface area contributed by atoms with E-state index in [1.54, 1.807) is 0 Å². The Hall–Kier alpha value is -1.75. The van der Waals surface area contributed by atoms with E-state index < -0.39 is 28.0 Å². The Morgan fingerprint density at radius 2 is 1.06 bits per heavy atom. The molecule has 0 fully saturated rings. The van der Waals surface area contributed by atoms with Gasteiger partial charge in [0.05, 0.1) is 0 Å². The standard InChI is InChI=1S/C6H6N3O7P/c10-1-7-4-14-17(13,15-5-8-2-11)16-6-9-3-12/h4-6H2. The number of carbonyl (C=O) groups excluding carboxylic acids is 3. The first kappa shape index (κ1) is 15.2. The molecule has 0 N–H and O–H groups in total. The molecule has 0 aromatic heterocycles. The summed E-state index contributed by atoms with van der Waals surface area (Å²) in [5.41, 5.74) is 0. The quantitative estimate of drug-likeness (QED) is 0.325. The molecule has 0 aliphatic carbocycles. The number of aliphatic imine (C=N–C) groups is 3. The number of hydrogen-bond donors (Lipinski definition) is 0. The zero-order valence-corrected chi connectivity index (χ0v) is 9.16. The molecule has 0 aliphatic rings. The summed E-state index contributed by atoms with van der Waals surface area (Å²) in [6, 6.07) is 0. The summed E-state index contributed by atoms with van der Waals surface area (Å²) in [6.45, 7) is -1.93. The van der Waals surface area contributed by atoms with Gasteiger partial charge in [0.25, 0.3) is 0 Å². The molecule has 10 nitrogen and oxygen atoms in total. The third-order valence-electron chi connectivity index (χ3n) is 1.03. The van der Waals surface area contributed by atoms with Gasteiger partial charge >= 0.3 is 7.82 Å². The van der Waals surface area contributed by atoms with Gasteiger partial charge in [0.15, 0.2) is 20.2 Å². The number of phosphoric acid groups is 1. The maximum Gasteiger partial charge on any atom is 0.480 e. The number of nitrogens with zero attached hydrogens (tertiary/aromatic N) is 3. The fraction of sp³-hybridized carbons (Fsp3) is 0.500. The lowest BCUT2D eigenvalue weighted by Gasteiger charge is -2.13. The maximum absolute atomic E-state index is 11.6. The smallest absolute Gasteiger partial charge is 0.262 e. The Kier molecular flexibility index (Phi) is 8.50. The zero-order valence-electron chi connectivity index (χ0n) is 8.27. The molecular weight excluding hydrogens is 257 g/mol. The first-order valence-corrected chi connectivity index (χ1v) is 5.29. The van der Waals surface area contributed by atoms with Crippen molar-refractivity contribution in [1.29, 1.82) is 0 Å². The van der Waals surface area contributed by atoms with E-state index in [9.17, 15) is 18.9 Å². The number of isocyanates is 3. The van der Waals surface area contributed by atoms with Crippen molar-refractivity contribution < 1.29 is 32.5 Å². The number of hydrogen-bond acceptors (Lipinski definition) is 10. The molecule has 17 heavy (non-hydrogen) atoms. The molecule has 0 saturated carbocycles. The van der Waals surface area contributed by atoms with Crippen LogP contribution in [0.1, 0.15) is 0 Å². The number of phosphoric ester groups is 1. The molecule has 92 valence electrons. The summed E-state index contributed by atoms with van der Waals surface area (Å²) >= 11 is 0. The van der Waals surface area contributed by atoms with Crippen molar-refractivity contribution in [3.05, 3.63) is 0 Å². The minimum atomic E-state index is -4.13. The highest BCUT2D eigenvalue weighted by Crippen LogP contribution is 2.49. The topological polar surface area (TPSA) is 133 Å². The third kappa shape index (κ3) is 8.10. The van der Waals surface area contributed by atoms with Crippen molar-refractivity contribution in [2.75, 3.05) is 20.2 Å². The van der Waals surface area contributed by atoms with Gasteiger partial charge in [-0.05, 0) is 0 Å². The predicted molar refractivity (Wildman–Crippen MR) is 49.8 cm³/mol. The Morgan fingerprint density at radius 3 is 1.29 bits per heavy atom. The fourth-order valence-electron chi connectivity index (χ4n) is 0.490. The van der Waals surface area contributed by atoms with E-state index in [-0.39, 0.29) is 0 Å². The van der Waals surface area contributed by atoms with E-state index in [0.717, 1.165) is 18.2 Å². The molecule has 0 heterocycles. The summed E-state index contributed by atoms with van der Waals surface area (Å²) < 4.78 is 25.0. The van der Waals surface area contributed by atoms with Crippen LogP contribution in [-0.4, -0.2) is 38.4 Å². The van der Waals surface area contributed by atoms with Crippen LogP contribution in [0.4, 0.5) is 0 Å². The highest BCUT2D eigenvalue weighted by molar-refractivity contribution is 7.48. The molecule has 0 aliphatic heterocycles. The van der Waals surface area contributed by atoms with Gasteiger partial charge in [-0.3, -0.25) is 13.6 Å². The summed E-state index contributed by atoms with van der Waals surface area (Å²) in [4.78, 5) is 38.0. The summed E-state index contributed by atoms with van der Waals surface area (Å²) in [7, 11) is -4.13. The molecule has 0 bridgehead atoms. The normalized spacial score (nSPS) is 12.5. The van der Waals surface area contributed by atoms with Gasteiger partial charge in [0.2, 0.25) is 18.2 Å². The molecule has 0 unspecified atom stereocenters. The van der Waals surface area contributed by atoms with E-state index in [2.05, 4.69) is 28.5 Å². The van der Waals surface area contributed by atoms with E-state index in [4.69, 9.17) is 0 Å². The highest BCUT2D eigenvalue weighted by atomic mass is 31.2. The van der Waals surface area contributed by atoms with E-state index in [1.165, 1.54) is 0 Å². The van der Waals surface area contributed by atoms with Crippen LogP contribution < -0.4 is 0 Å². The lowest BCUT2D eigenvalue weighted by molar-refractivity contribution is 0.121. The van der Waals surface area contributed by atoms with Gasteiger partial charge in [-0.1, -0.05) is 0 Å². The summed E-state index contributed by atoms with van der Waals surface area (Å²) in [6.07, 6.45) is 3.36. The minimum absolute atomic E-state index is 0.642. The van der Waals surface area contributed by atoms with Crippen molar-refractivity contribution in [2.45, 2.75) is 0 Å². The highest BCUT2D eigenvalue weighted by Gasteiger charge is 2.26. The predicted octanol–water partition coefficient (Wildman–Crippen LogP) is 0.0242. The Balaban J connectivity index is 4.42. The van der Waals surface area contributed by atoms with Crippen LogP contribution in [0.3, 0.4) is 0 Å². The summed E-state index contributed by atoms with van der Waals surface area (Å²) in [5, 5.41) is 0. The molecule has 0 radical (unpaired) electrons. The first-order valence-electron chi connectivity index (χ1n) is 3.83. The Labute approximate surface area is 94.6 Å². The van der Waals surface area contributed by atoms with E-state index >= 15 is 0 Å². The summed E-state index contributed by atoms with van der Waals surface area (Å²) in [5.74, 6) is 0. The van der Waals surface area contributed by atoms with Crippen LogP contribution in [0.2, 0.25) is 0 Å². The average Bonchev–Trinajstić information content (AvgIpc) is 2.30. The van der Waals surface area contributed by atoms with Gasteiger partial charge in [-0.25, -0.2) is 18.9 Å². The van der Waals surface area contributed by atoms with Crippen molar-refractivity contribution >= 4 is 26.1 Å². The van der Waals surface area contributed by atoms with Gasteiger partial charge < -0.3 is 0 Å². The molecule has 0 rings (SSSR count). The van der Waals surface area contributed by atoms with Crippen molar-refractivity contribution in [3.8, 4) is 0 Å². The van der Waals surface area contributed by atoms with Crippen LogP contribution in [0.15, 0.2) is 15.0 Å². The SMILES string of the molecule is O=C=NCOP(=O)(OCN=C=O)OCN=C=O. The molecule has 0 aromatic carbocycles.